The number of rotatable bonds is 6. The minimum Gasteiger partial charge on any atom is -0.493 e. The van der Waals surface area contributed by atoms with Crippen LogP contribution in [0.25, 0.3) is 11.0 Å². The highest BCUT2D eigenvalue weighted by Crippen LogP contribution is 2.32. The van der Waals surface area contributed by atoms with E-state index in [9.17, 15) is 4.79 Å². The zero-order valence-corrected chi connectivity index (χ0v) is 14.3. The van der Waals surface area contributed by atoms with Crippen LogP contribution < -0.4 is 10.1 Å². The van der Waals surface area contributed by atoms with Crippen LogP contribution in [0.5, 0.6) is 5.75 Å². The molecule has 0 radical (unpaired) electrons. The van der Waals surface area contributed by atoms with Crippen LogP contribution in [0, 0.1) is 0 Å². The summed E-state index contributed by atoms with van der Waals surface area (Å²) in [6.07, 6.45) is 1.07. The van der Waals surface area contributed by atoms with Gasteiger partial charge in [0.2, 0.25) is 0 Å². The molecule has 1 N–H and O–H groups in total. The second kappa shape index (κ2) is 7.68. The minimum atomic E-state index is -0.0935. The van der Waals surface area contributed by atoms with E-state index in [0.29, 0.717) is 43.4 Å². The first-order valence-corrected chi connectivity index (χ1v) is 8.41. The van der Waals surface area contributed by atoms with Gasteiger partial charge in [-0.05, 0) is 30.7 Å². The average Bonchev–Trinajstić information content (AvgIpc) is 3.08. The number of hydrogen-bond donors (Lipinski definition) is 1. The van der Waals surface area contributed by atoms with Gasteiger partial charge in [-0.2, -0.15) is 0 Å². The Kier molecular flexibility index (Phi) is 5.37. The molecule has 0 bridgehead atoms. The van der Waals surface area contributed by atoms with E-state index in [4.69, 9.17) is 13.9 Å². The fourth-order valence-corrected chi connectivity index (χ4v) is 2.90. The number of fused-ring (bicyclic) bond motifs is 1. The topological polar surface area (TPSA) is 63.9 Å². The fourth-order valence-electron chi connectivity index (χ4n) is 2.90. The number of hydrogen-bond acceptors (Lipinski definition) is 5. The SMILES string of the molecule is CCCNCc1ccc(OC)c2oc(C(=O)N3CCOCC3)cc12. The van der Waals surface area contributed by atoms with E-state index in [2.05, 4.69) is 12.2 Å². The molecule has 130 valence electrons. The standard InChI is InChI=1S/C18H24N2O4/c1-3-6-19-12-13-4-5-15(22-2)17-14(13)11-16(24-17)18(21)20-7-9-23-10-8-20/h4-5,11,19H,3,6-10,12H2,1-2H3. The predicted octanol–water partition coefficient (Wildman–Crippen LogP) is 2.41. The number of carbonyl (C=O) groups excluding carboxylic acids is 1. The first-order valence-electron chi connectivity index (χ1n) is 8.41. The Balaban J connectivity index is 1.92. The van der Waals surface area contributed by atoms with Crippen LogP contribution in [-0.2, 0) is 11.3 Å². The Labute approximate surface area is 141 Å². The van der Waals surface area contributed by atoms with Crippen LogP contribution in [0.2, 0.25) is 0 Å². The van der Waals surface area contributed by atoms with Gasteiger partial charge in [0, 0.05) is 25.0 Å². The molecule has 1 saturated heterocycles. The molecule has 1 aliphatic rings. The third-order valence-electron chi connectivity index (χ3n) is 4.21. The second-order valence-corrected chi connectivity index (χ2v) is 5.86. The average molecular weight is 332 g/mol. The molecule has 6 heteroatoms. The number of amides is 1. The molecular weight excluding hydrogens is 308 g/mol. The van der Waals surface area contributed by atoms with Gasteiger partial charge >= 0.3 is 0 Å². The van der Waals surface area contributed by atoms with Crippen molar-refractivity contribution in [3.8, 4) is 5.75 Å². The molecule has 0 spiro atoms. The quantitative estimate of drug-likeness (QED) is 0.823. The number of furan rings is 1. The van der Waals surface area contributed by atoms with Crippen molar-refractivity contribution >= 4 is 16.9 Å². The maximum atomic E-state index is 12.7. The van der Waals surface area contributed by atoms with Crippen molar-refractivity contribution in [3.63, 3.8) is 0 Å². The summed E-state index contributed by atoms with van der Waals surface area (Å²) >= 11 is 0. The largest absolute Gasteiger partial charge is 0.493 e. The normalized spacial score (nSPS) is 15.0. The molecule has 1 aromatic heterocycles. The van der Waals surface area contributed by atoms with Crippen LogP contribution in [-0.4, -0.2) is 50.8 Å². The van der Waals surface area contributed by atoms with E-state index in [0.717, 1.165) is 30.5 Å². The van der Waals surface area contributed by atoms with Crippen LogP contribution in [0.4, 0.5) is 0 Å². The monoisotopic (exact) mass is 332 g/mol. The molecule has 0 saturated carbocycles. The van der Waals surface area contributed by atoms with Gasteiger partial charge in [0.15, 0.2) is 17.1 Å². The van der Waals surface area contributed by atoms with Crippen molar-refractivity contribution < 1.29 is 18.7 Å². The third kappa shape index (κ3) is 3.39. The number of methoxy groups -OCH3 is 1. The van der Waals surface area contributed by atoms with Crippen LogP contribution >= 0.6 is 0 Å². The summed E-state index contributed by atoms with van der Waals surface area (Å²) < 4.78 is 16.6. The lowest BCUT2D eigenvalue weighted by molar-refractivity contribution is 0.0284. The highest BCUT2D eigenvalue weighted by atomic mass is 16.5. The van der Waals surface area contributed by atoms with Gasteiger partial charge in [0.1, 0.15) is 0 Å². The summed E-state index contributed by atoms with van der Waals surface area (Å²) in [6.45, 7) is 6.15. The Hall–Kier alpha value is -2.05. The summed E-state index contributed by atoms with van der Waals surface area (Å²) in [5.41, 5.74) is 1.73. The summed E-state index contributed by atoms with van der Waals surface area (Å²) in [5.74, 6) is 0.905. The number of carbonyl (C=O) groups is 1. The second-order valence-electron chi connectivity index (χ2n) is 5.86. The molecule has 24 heavy (non-hydrogen) atoms. The Morgan fingerprint density at radius 3 is 2.83 bits per heavy atom. The molecule has 2 heterocycles. The highest BCUT2D eigenvalue weighted by molar-refractivity contribution is 5.98. The lowest BCUT2D eigenvalue weighted by Gasteiger charge is -2.25. The lowest BCUT2D eigenvalue weighted by atomic mass is 10.1. The summed E-state index contributed by atoms with van der Waals surface area (Å²) in [5, 5.41) is 4.31. The predicted molar refractivity (Wildman–Crippen MR) is 91.5 cm³/mol. The van der Waals surface area contributed by atoms with E-state index >= 15 is 0 Å². The minimum absolute atomic E-state index is 0.0935. The van der Waals surface area contributed by atoms with Crippen molar-refractivity contribution in [3.05, 3.63) is 29.5 Å². The molecular formula is C18H24N2O4. The van der Waals surface area contributed by atoms with Crippen molar-refractivity contribution in [2.75, 3.05) is 40.0 Å². The van der Waals surface area contributed by atoms with E-state index < -0.39 is 0 Å². The van der Waals surface area contributed by atoms with Gasteiger partial charge in [-0.25, -0.2) is 0 Å². The van der Waals surface area contributed by atoms with E-state index in [-0.39, 0.29) is 5.91 Å². The summed E-state index contributed by atoms with van der Waals surface area (Å²) in [4.78, 5) is 14.4. The van der Waals surface area contributed by atoms with Crippen molar-refractivity contribution in [2.24, 2.45) is 0 Å². The van der Waals surface area contributed by atoms with Gasteiger partial charge in [0.05, 0.1) is 20.3 Å². The maximum absolute atomic E-state index is 12.7. The van der Waals surface area contributed by atoms with Crippen LogP contribution in [0.3, 0.4) is 0 Å². The van der Waals surface area contributed by atoms with Crippen molar-refractivity contribution in [2.45, 2.75) is 19.9 Å². The molecule has 0 aliphatic carbocycles. The first kappa shape index (κ1) is 16.8. The molecule has 2 aromatic rings. The lowest BCUT2D eigenvalue weighted by Crippen LogP contribution is -2.40. The maximum Gasteiger partial charge on any atom is 0.289 e. The Bertz CT molecular complexity index is 704. The van der Waals surface area contributed by atoms with Gasteiger partial charge < -0.3 is 24.1 Å². The highest BCUT2D eigenvalue weighted by Gasteiger charge is 2.23. The Morgan fingerprint density at radius 1 is 1.33 bits per heavy atom. The number of ether oxygens (including phenoxy) is 2. The van der Waals surface area contributed by atoms with Crippen molar-refractivity contribution in [1.82, 2.24) is 10.2 Å². The van der Waals surface area contributed by atoms with E-state index in [1.807, 2.05) is 18.2 Å². The zero-order valence-electron chi connectivity index (χ0n) is 14.3. The smallest absolute Gasteiger partial charge is 0.289 e. The van der Waals surface area contributed by atoms with E-state index in [1.54, 1.807) is 12.0 Å². The van der Waals surface area contributed by atoms with Gasteiger partial charge in [-0.15, -0.1) is 0 Å². The van der Waals surface area contributed by atoms with Crippen LogP contribution in [0.15, 0.2) is 22.6 Å². The molecule has 1 aliphatic heterocycles. The third-order valence-corrected chi connectivity index (χ3v) is 4.21. The molecule has 1 amide bonds. The molecule has 1 fully saturated rings. The van der Waals surface area contributed by atoms with Gasteiger partial charge in [-0.3, -0.25) is 4.79 Å². The number of benzene rings is 1. The van der Waals surface area contributed by atoms with Gasteiger partial charge in [0.25, 0.3) is 5.91 Å². The van der Waals surface area contributed by atoms with Crippen LogP contribution in [0.1, 0.15) is 29.5 Å². The Morgan fingerprint density at radius 2 is 2.12 bits per heavy atom. The summed E-state index contributed by atoms with van der Waals surface area (Å²) in [6, 6.07) is 5.73. The zero-order chi connectivity index (χ0) is 16.9. The molecule has 0 atom stereocenters. The summed E-state index contributed by atoms with van der Waals surface area (Å²) in [7, 11) is 1.61. The van der Waals surface area contributed by atoms with Gasteiger partial charge in [-0.1, -0.05) is 13.0 Å². The molecule has 6 nitrogen and oxygen atoms in total. The fraction of sp³-hybridized carbons (Fsp3) is 0.500. The van der Waals surface area contributed by atoms with Crippen molar-refractivity contribution in [1.29, 1.82) is 0 Å². The van der Waals surface area contributed by atoms with E-state index in [1.165, 1.54) is 0 Å². The molecule has 3 rings (SSSR count). The number of nitrogens with zero attached hydrogens (tertiary/aromatic N) is 1. The molecule has 0 unspecified atom stereocenters. The first-order chi connectivity index (χ1) is 11.7. The number of morpholine rings is 1. The molecule has 1 aromatic carbocycles. The number of nitrogens with one attached hydrogen (secondary N) is 1.